The van der Waals surface area contributed by atoms with E-state index < -0.39 is 0 Å². The Morgan fingerprint density at radius 3 is 1.23 bits per heavy atom. The summed E-state index contributed by atoms with van der Waals surface area (Å²) >= 11 is 0. The van der Waals surface area contributed by atoms with E-state index in [1.54, 1.807) is 0 Å². The molecule has 0 saturated heterocycles. The lowest BCUT2D eigenvalue weighted by atomic mass is 10.4. The van der Waals surface area contributed by atoms with Crippen molar-refractivity contribution in [1.82, 2.24) is 0 Å². The largest absolute Gasteiger partial charge is 1.00 e. The van der Waals surface area contributed by atoms with Crippen molar-refractivity contribution in [2.75, 3.05) is 27.2 Å². The normalized spacial score (nSPS) is 7.38. The van der Waals surface area contributed by atoms with Crippen LogP contribution < -0.4 is 17.0 Å². The fourth-order valence-corrected chi connectivity index (χ4v) is 0.763. The van der Waals surface area contributed by atoms with Gasteiger partial charge in [0, 0.05) is 0 Å². The minimum Gasteiger partial charge on any atom is -1.00 e. The molecule has 0 saturated carbocycles. The highest BCUT2D eigenvalue weighted by Crippen LogP contribution is 1.95. The zero-order valence-electron chi connectivity index (χ0n) is 8.58. The number of hydrogen-bond donors (Lipinski definition) is 0. The van der Waals surface area contributed by atoms with Crippen LogP contribution in [0.5, 0.6) is 0 Å². The number of hydrogen-bond acceptors (Lipinski definition) is 0. The van der Waals surface area contributed by atoms with Gasteiger partial charge in [0.15, 0.2) is 0 Å². The Morgan fingerprint density at radius 1 is 0.846 bits per heavy atom. The highest BCUT2D eigenvalue weighted by molar-refractivity contribution is 8.93. The van der Waals surface area contributed by atoms with Gasteiger partial charge in [-0.3, -0.25) is 0 Å². The Hall–Kier alpha value is 2.36. The van der Waals surface area contributed by atoms with E-state index in [1.807, 2.05) is 0 Å². The van der Waals surface area contributed by atoms with Crippen LogP contribution in [0.15, 0.2) is 0 Å². The maximum Gasteiger partial charge on any atom is 0.0779 e. The molecule has 0 rings (SSSR count). The van der Waals surface area contributed by atoms with E-state index in [0.717, 1.165) is 4.48 Å². The summed E-state index contributed by atoms with van der Waals surface area (Å²) in [7, 11) is 4.53. The summed E-state index contributed by atoms with van der Waals surface area (Å²) in [6, 6.07) is 0. The van der Waals surface area contributed by atoms with Crippen molar-refractivity contribution in [1.29, 1.82) is 0 Å². The van der Waals surface area contributed by atoms with Gasteiger partial charge in [-0.25, -0.2) is 0 Å². The average Bonchev–Trinajstić information content (AvgIpc) is 1.67. The predicted octanol–water partition coefficient (Wildman–Crippen LogP) is 0.808. The maximum absolute atomic E-state index is 2.27. The van der Waals surface area contributed by atoms with Gasteiger partial charge in [-0.2, -0.15) is 0 Å². The summed E-state index contributed by atoms with van der Waals surface area (Å²) in [5.41, 5.74) is 0. The summed E-state index contributed by atoms with van der Waals surface area (Å²) in [5.74, 6) is 0. The van der Waals surface area contributed by atoms with E-state index in [0.29, 0.717) is 0 Å². The summed E-state index contributed by atoms with van der Waals surface area (Å²) in [6.07, 6.45) is 1.29. The predicted molar refractivity (Wildman–Crippen MR) is 79.1 cm³/mol. The molecule has 1 nitrogen and oxygen atoms in total. The van der Waals surface area contributed by atoms with Gasteiger partial charge in [0.1, 0.15) is 0 Å². The molecule has 0 aromatic rings. The van der Waals surface area contributed by atoms with E-state index in [-0.39, 0.29) is 84.9 Å². The van der Waals surface area contributed by atoms with Crippen LogP contribution in [-0.4, -0.2) is 31.7 Å². The van der Waals surface area contributed by atoms with Gasteiger partial charge in [0.25, 0.3) is 0 Å². The number of rotatable bonds is 3. The Balaban J connectivity index is -0.0000000245. The first-order valence-corrected chi connectivity index (χ1v) is 3.44. The standard InChI is InChI=1S/C7H18N.5BrH/c1-5-7-8(3,4)6-2;;;;;/h5-7H2,1-4H3;5*1H/q+1;;;;;/p-1. The van der Waals surface area contributed by atoms with Gasteiger partial charge in [0.2, 0.25) is 0 Å². The molecule has 13 heavy (non-hydrogen) atoms. The fourth-order valence-electron chi connectivity index (χ4n) is 0.763. The molecule has 0 fully saturated rings. The lowest BCUT2D eigenvalue weighted by molar-refractivity contribution is -0.888. The van der Waals surface area contributed by atoms with Gasteiger partial charge < -0.3 is 21.5 Å². The molecule has 6 heteroatoms. The van der Waals surface area contributed by atoms with Crippen molar-refractivity contribution in [3.63, 3.8) is 0 Å². The molecule has 0 spiro atoms. The molecule has 0 N–H and O–H groups in total. The molecular formula is C7H22Br5N. The van der Waals surface area contributed by atoms with Gasteiger partial charge in [0.05, 0.1) is 27.2 Å². The third-order valence-corrected chi connectivity index (χ3v) is 1.68. The molecule has 0 bridgehead atoms. The van der Waals surface area contributed by atoms with Gasteiger partial charge in [-0.15, -0.1) is 67.9 Å². The molecule has 0 radical (unpaired) electrons. The van der Waals surface area contributed by atoms with Crippen molar-refractivity contribution < 1.29 is 21.5 Å². The molecule has 0 unspecified atom stereocenters. The van der Waals surface area contributed by atoms with Crippen LogP contribution in [-0.2, 0) is 0 Å². The number of nitrogens with zero attached hydrogens (tertiary/aromatic N) is 1. The van der Waals surface area contributed by atoms with E-state index >= 15 is 0 Å². The summed E-state index contributed by atoms with van der Waals surface area (Å²) < 4.78 is 1.16. The van der Waals surface area contributed by atoms with E-state index in [9.17, 15) is 0 Å². The second kappa shape index (κ2) is 19.9. The summed E-state index contributed by atoms with van der Waals surface area (Å²) in [5, 5.41) is 0. The Kier molecular flexibility index (Phi) is 55.2. The first-order valence-electron chi connectivity index (χ1n) is 3.44. The van der Waals surface area contributed by atoms with Gasteiger partial charge in [-0.1, -0.05) is 6.92 Å². The van der Waals surface area contributed by atoms with Gasteiger partial charge >= 0.3 is 0 Å². The first-order chi connectivity index (χ1) is 3.62. The zero-order valence-corrected chi connectivity index (χ0v) is 17.0. The fraction of sp³-hybridized carbons (Fsp3) is 1.00. The molecule has 0 aliphatic carbocycles. The van der Waals surface area contributed by atoms with E-state index in [4.69, 9.17) is 0 Å². The molecule has 0 aromatic heterocycles. The Morgan fingerprint density at radius 2 is 1.15 bits per heavy atom. The monoisotopic (exact) mass is 515 g/mol. The smallest absolute Gasteiger partial charge is 0.0779 e. The minimum absolute atomic E-state index is 0. The number of halogens is 5. The Labute approximate surface area is 135 Å². The van der Waals surface area contributed by atoms with Crippen molar-refractivity contribution in [2.24, 2.45) is 0 Å². The average molecular weight is 520 g/mol. The topological polar surface area (TPSA) is 0 Å². The van der Waals surface area contributed by atoms with Crippen LogP contribution in [0.2, 0.25) is 0 Å². The molecule has 90 valence electrons. The van der Waals surface area contributed by atoms with Crippen LogP contribution in [0.1, 0.15) is 20.3 Å². The van der Waals surface area contributed by atoms with E-state index in [2.05, 4.69) is 27.9 Å². The highest BCUT2D eigenvalue weighted by atomic mass is 79.9. The lowest BCUT2D eigenvalue weighted by Gasteiger charge is -2.27. The molecule has 0 amide bonds. The van der Waals surface area contributed by atoms with Gasteiger partial charge in [-0.05, 0) is 13.3 Å². The van der Waals surface area contributed by atoms with Crippen molar-refractivity contribution >= 4 is 67.9 Å². The maximum atomic E-state index is 2.27. The molecule has 0 aromatic carbocycles. The van der Waals surface area contributed by atoms with Crippen LogP contribution in [0, 0.1) is 0 Å². The second-order valence-electron chi connectivity index (χ2n) is 2.98. The quantitative estimate of drug-likeness (QED) is 0.485. The first kappa shape index (κ1) is 36.2. The third kappa shape index (κ3) is 25.0. The van der Waals surface area contributed by atoms with Crippen LogP contribution in [0.3, 0.4) is 0 Å². The SMILES string of the molecule is Br.Br.Br.Br.CCC[N+](C)(C)CC.[Br-]. The minimum atomic E-state index is 0. The van der Waals surface area contributed by atoms with Crippen LogP contribution in [0.4, 0.5) is 0 Å². The second-order valence-corrected chi connectivity index (χ2v) is 2.98. The molecular weight excluding hydrogens is 498 g/mol. The number of quaternary nitrogens is 1. The zero-order chi connectivity index (χ0) is 6.62. The van der Waals surface area contributed by atoms with Crippen molar-refractivity contribution in [3.8, 4) is 0 Å². The Bertz CT molecular complexity index is 69.9. The van der Waals surface area contributed by atoms with Crippen LogP contribution in [0.25, 0.3) is 0 Å². The molecule has 0 aliphatic rings. The summed E-state index contributed by atoms with van der Waals surface area (Å²) in [6.45, 7) is 7.01. The third-order valence-electron chi connectivity index (χ3n) is 1.68. The molecule has 0 heterocycles. The van der Waals surface area contributed by atoms with E-state index in [1.165, 1.54) is 19.5 Å². The van der Waals surface area contributed by atoms with Crippen molar-refractivity contribution in [2.45, 2.75) is 20.3 Å². The lowest BCUT2D eigenvalue weighted by Crippen LogP contribution is -3.00. The highest BCUT2D eigenvalue weighted by Gasteiger charge is 2.07. The van der Waals surface area contributed by atoms with Crippen LogP contribution >= 0.6 is 67.9 Å². The summed E-state index contributed by atoms with van der Waals surface area (Å²) in [4.78, 5) is 0. The molecule has 0 aliphatic heterocycles. The van der Waals surface area contributed by atoms with Crippen molar-refractivity contribution in [3.05, 3.63) is 0 Å². The molecule has 0 atom stereocenters.